The summed E-state index contributed by atoms with van der Waals surface area (Å²) in [5, 5.41) is 21.3. The van der Waals surface area contributed by atoms with E-state index in [0.29, 0.717) is 5.56 Å². The molecule has 0 atom stereocenters. The second-order valence-corrected chi connectivity index (χ2v) is 9.83. The maximum atomic E-state index is 13.5. The fourth-order valence-electron chi connectivity index (χ4n) is 3.91. The van der Waals surface area contributed by atoms with Gasteiger partial charge in [-0.3, -0.25) is 4.79 Å². The molecule has 0 fully saturated rings. The number of aromatic carboxylic acids is 1. The van der Waals surface area contributed by atoms with Crippen molar-refractivity contribution in [2.75, 3.05) is 20.2 Å². The Balaban J connectivity index is 2.04. The van der Waals surface area contributed by atoms with E-state index < -0.39 is 27.7 Å². The summed E-state index contributed by atoms with van der Waals surface area (Å²) in [6, 6.07) is 13.8. The number of aliphatic hydroxyl groups excluding tert-OH is 1. The van der Waals surface area contributed by atoms with Crippen molar-refractivity contribution in [3.8, 4) is 22.5 Å². The summed E-state index contributed by atoms with van der Waals surface area (Å²) in [5.41, 5.74) is 0.965. The van der Waals surface area contributed by atoms with Crippen LogP contribution >= 0.6 is 0 Å². The van der Waals surface area contributed by atoms with Gasteiger partial charge in [0.2, 0.25) is 10.0 Å². The molecule has 1 aromatic heterocycles. The second kappa shape index (κ2) is 10.5. The van der Waals surface area contributed by atoms with Crippen LogP contribution in [0.4, 0.5) is 4.39 Å². The average Bonchev–Trinajstić information content (AvgIpc) is 3.26. The number of carbonyl (C=O) groups excluding carboxylic acids is 1. The number of furan rings is 1. The third kappa shape index (κ3) is 5.24. The number of carbonyl (C=O) groups is 2. The Morgan fingerprint density at radius 3 is 2.41 bits per heavy atom. The van der Waals surface area contributed by atoms with Crippen molar-refractivity contribution in [2.24, 2.45) is 0 Å². The van der Waals surface area contributed by atoms with E-state index in [1.807, 2.05) is 0 Å². The van der Waals surface area contributed by atoms with Gasteiger partial charge in [-0.25, -0.2) is 22.3 Å². The predicted molar refractivity (Wildman–Crippen MR) is 134 cm³/mol. The van der Waals surface area contributed by atoms with Crippen LogP contribution in [0.2, 0.25) is 0 Å². The van der Waals surface area contributed by atoms with Crippen LogP contribution in [0.3, 0.4) is 0 Å². The predicted octanol–water partition coefficient (Wildman–Crippen LogP) is 3.62. The molecule has 0 saturated heterocycles. The fourth-order valence-corrected chi connectivity index (χ4v) is 5.21. The number of carboxylic acid groups (broad SMARTS) is 1. The van der Waals surface area contributed by atoms with Gasteiger partial charge in [-0.1, -0.05) is 12.1 Å². The molecule has 1 heterocycles. The molecular weight excluding hydrogens is 503 g/mol. The molecule has 4 aromatic rings. The lowest BCUT2D eigenvalue weighted by atomic mass is 9.99. The maximum absolute atomic E-state index is 13.5. The molecule has 192 valence electrons. The summed E-state index contributed by atoms with van der Waals surface area (Å²) < 4.78 is 48.5. The number of hydrogen-bond acceptors (Lipinski definition) is 6. The molecular formula is C26H23FN2O7S. The van der Waals surface area contributed by atoms with Gasteiger partial charge >= 0.3 is 5.97 Å². The van der Waals surface area contributed by atoms with Gasteiger partial charge in [-0.15, -0.1) is 0 Å². The zero-order valence-electron chi connectivity index (χ0n) is 19.6. The van der Waals surface area contributed by atoms with Crippen molar-refractivity contribution in [2.45, 2.75) is 11.3 Å². The van der Waals surface area contributed by atoms with Gasteiger partial charge in [0, 0.05) is 42.8 Å². The molecule has 0 aliphatic rings. The Hall–Kier alpha value is -4.06. The van der Waals surface area contributed by atoms with Crippen LogP contribution in [0.15, 0.2) is 70.0 Å². The average molecular weight is 527 g/mol. The first-order chi connectivity index (χ1) is 17.7. The minimum atomic E-state index is -4.15. The SMILES string of the molecule is CNC(=O)c1c(-c2ccc(F)cc2)oc2cc(S(=O)(=O)NCCCO)c(-c3cccc(C(=O)O)c3)cc12. The molecule has 1 amide bonds. The van der Waals surface area contributed by atoms with E-state index in [4.69, 9.17) is 9.52 Å². The highest BCUT2D eigenvalue weighted by atomic mass is 32.2. The van der Waals surface area contributed by atoms with E-state index in [-0.39, 0.29) is 63.5 Å². The van der Waals surface area contributed by atoms with Gasteiger partial charge in [0.1, 0.15) is 17.2 Å². The number of amides is 1. The standard InChI is InChI=1S/C26H23FN2O7S/c1-28-25(31)23-20-13-19(16-4-2-5-17(12-16)26(32)33)22(37(34,35)29-10-3-11-30)14-21(20)36-24(23)15-6-8-18(27)9-7-15/h2,4-9,12-14,29-30H,3,10-11H2,1H3,(H,28,31)(H,32,33). The van der Waals surface area contributed by atoms with Crippen molar-refractivity contribution < 1.29 is 37.0 Å². The van der Waals surface area contributed by atoms with Gasteiger partial charge in [0.05, 0.1) is 16.0 Å². The molecule has 0 bridgehead atoms. The molecule has 0 aliphatic heterocycles. The first-order valence-electron chi connectivity index (χ1n) is 11.2. The van der Waals surface area contributed by atoms with Crippen LogP contribution in [0, 0.1) is 5.82 Å². The minimum Gasteiger partial charge on any atom is -0.478 e. The highest BCUT2D eigenvalue weighted by Gasteiger charge is 2.27. The maximum Gasteiger partial charge on any atom is 0.335 e. The first-order valence-corrected chi connectivity index (χ1v) is 12.7. The van der Waals surface area contributed by atoms with Gasteiger partial charge < -0.3 is 19.9 Å². The summed E-state index contributed by atoms with van der Waals surface area (Å²) in [7, 11) is -2.73. The number of aliphatic hydroxyl groups is 1. The monoisotopic (exact) mass is 526 g/mol. The minimum absolute atomic E-state index is 0.0338. The molecule has 0 radical (unpaired) electrons. The molecule has 0 aliphatic carbocycles. The smallest absolute Gasteiger partial charge is 0.335 e. The number of benzene rings is 3. The fraction of sp³-hybridized carbons (Fsp3) is 0.154. The zero-order valence-corrected chi connectivity index (χ0v) is 20.4. The van der Waals surface area contributed by atoms with Gasteiger partial charge in [0.25, 0.3) is 5.91 Å². The van der Waals surface area contributed by atoms with E-state index >= 15 is 0 Å². The molecule has 3 aromatic carbocycles. The highest BCUT2D eigenvalue weighted by molar-refractivity contribution is 7.89. The number of nitrogens with one attached hydrogen (secondary N) is 2. The van der Waals surface area contributed by atoms with Crippen LogP contribution in [-0.4, -0.2) is 50.7 Å². The van der Waals surface area contributed by atoms with E-state index in [0.717, 1.165) is 0 Å². The lowest BCUT2D eigenvalue weighted by Crippen LogP contribution is -2.26. The van der Waals surface area contributed by atoms with Gasteiger partial charge in [-0.05, 0) is 54.4 Å². The van der Waals surface area contributed by atoms with Crippen LogP contribution in [0.25, 0.3) is 33.4 Å². The van der Waals surface area contributed by atoms with Crippen LogP contribution in [0.1, 0.15) is 27.1 Å². The zero-order chi connectivity index (χ0) is 26.7. The van der Waals surface area contributed by atoms with Crippen molar-refractivity contribution >= 4 is 32.9 Å². The normalized spacial score (nSPS) is 11.5. The number of fused-ring (bicyclic) bond motifs is 1. The number of halogens is 1. The van der Waals surface area contributed by atoms with Crippen molar-refractivity contribution in [1.82, 2.24) is 10.0 Å². The topological polar surface area (TPSA) is 146 Å². The molecule has 9 nitrogen and oxygen atoms in total. The summed E-state index contributed by atoms with van der Waals surface area (Å²) in [6.45, 7) is -0.252. The van der Waals surface area contributed by atoms with Gasteiger partial charge in [-0.2, -0.15) is 0 Å². The molecule has 0 unspecified atom stereocenters. The van der Waals surface area contributed by atoms with E-state index in [1.54, 1.807) is 6.07 Å². The largest absolute Gasteiger partial charge is 0.478 e. The molecule has 4 N–H and O–H groups in total. The van der Waals surface area contributed by atoms with E-state index in [1.165, 1.54) is 61.6 Å². The Morgan fingerprint density at radius 2 is 1.76 bits per heavy atom. The lowest BCUT2D eigenvalue weighted by molar-refractivity contribution is 0.0696. The molecule has 11 heteroatoms. The number of hydrogen-bond donors (Lipinski definition) is 4. The summed E-state index contributed by atoms with van der Waals surface area (Å²) in [4.78, 5) is 24.3. The van der Waals surface area contributed by atoms with Crippen LogP contribution < -0.4 is 10.0 Å². The molecule has 37 heavy (non-hydrogen) atoms. The third-order valence-corrected chi connectivity index (χ3v) is 7.19. The van der Waals surface area contributed by atoms with E-state index in [9.17, 15) is 27.5 Å². The molecule has 4 rings (SSSR count). The Bertz CT molecular complexity index is 1600. The summed E-state index contributed by atoms with van der Waals surface area (Å²) in [5.74, 6) is -2.08. The lowest BCUT2D eigenvalue weighted by Gasteiger charge is -2.13. The summed E-state index contributed by atoms with van der Waals surface area (Å²) in [6.07, 6.45) is 0.182. The first kappa shape index (κ1) is 26.0. The Kier molecular flexibility index (Phi) is 7.39. The number of rotatable bonds is 9. The summed E-state index contributed by atoms with van der Waals surface area (Å²) >= 11 is 0. The van der Waals surface area contributed by atoms with E-state index in [2.05, 4.69) is 10.0 Å². The Labute approximate surface area is 211 Å². The number of sulfonamides is 1. The van der Waals surface area contributed by atoms with Crippen LogP contribution in [-0.2, 0) is 10.0 Å². The quantitative estimate of drug-likeness (QED) is 0.244. The highest BCUT2D eigenvalue weighted by Crippen LogP contribution is 2.39. The van der Waals surface area contributed by atoms with Crippen molar-refractivity contribution in [3.05, 3.63) is 77.6 Å². The van der Waals surface area contributed by atoms with Crippen molar-refractivity contribution in [3.63, 3.8) is 0 Å². The van der Waals surface area contributed by atoms with Crippen molar-refractivity contribution in [1.29, 1.82) is 0 Å². The Morgan fingerprint density at radius 1 is 1.03 bits per heavy atom. The number of carboxylic acids is 1. The third-order valence-electron chi connectivity index (χ3n) is 5.69. The second-order valence-electron chi connectivity index (χ2n) is 8.10. The molecule has 0 saturated carbocycles. The van der Waals surface area contributed by atoms with Gasteiger partial charge in [0.15, 0.2) is 0 Å². The molecule has 0 spiro atoms. The van der Waals surface area contributed by atoms with Crippen LogP contribution in [0.5, 0.6) is 0 Å².